The van der Waals surface area contributed by atoms with Crippen molar-refractivity contribution < 1.29 is 23.8 Å². The molecule has 3 rings (SSSR count). The molecule has 1 aromatic carbocycles. The smallest absolute Gasteiger partial charge is 0.338 e. The Kier molecular flexibility index (Phi) is 7.27. The minimum absolute atomic E-state index is 0.100. The molecule has 0 radical (unpaired) electrons. The molecule has 1 amide bonds. The van der Waals surface area contributed by atoms with Crippen molar-refractivity contribution in [3.05, 3.63) is 46.1 Å². The highest BCUT2D eigenvalue weighted by molar-refractivity contribution is 8.16. The summed E-state index contributed by atoms with van der Waals surface area (Å²) >= 11 is 1.43. The molecule has 9 heteroatoms. The van der Waals surface area contributed by atoms with Crippen LogP contribution in [-0.4, -0.2) is 49.8 Å². The molecule has 1 atom stereocenters. The second-order valence-corrected chi connectivity index (χ2v) is 7.65. The van der Waals surface area contributed by atoms with Crippen LogP contribution in [0.3, 0.4) is 0 Å². The van der Waals surface area contributed by atoms with Crippen molar-refractivity contribution >= 4 is 28.8 Å². The second-order valence-electron chi connectivity index (χ2n) is 6.81. The number of methoxy groups -OCH3 is 3. The number of para-hydroxylation sites is 1. The van der Waals surface area contributed by atoms with Crippen LogP contribution >= 0.6 is 11.8 Å². The molecule has 0 saturated heterocycles. The maximum Gasteiger partial charge on any atom is 0.338 e. The number of carbonyl (C=O) groups is 2. The number of amides is 1. The number of hydrogen-bond donors (Lipinski definition) is 1. The molecule has 0 aliphatic carbocycles. The van der Waals surface area contributed by atoms with Crippen molar-refractivity contribution in [1.29, 1.82) is 0 Å². The van der Waals surface area contributed by atoms with Gasteiger partial charge in [0, 0.05) is 17.8 Å². The van der Waals surface area contributed by atoms with Crippen LogP contribution in [0.1, 0.15) is 38.3 Å². The number of benzene rings is 1. The topological polar surface area (TPSA) is 89.5 Å². The lowest BCUT2D eigenvalue weighted by Gasteiger charge is -2.37. The maximum atomic E-state index is 12.9. The molecular formula is C22H27N3O5S. The first-order valence-corrected chi connectivity index (χ1v) is 10.9. The molecule has 0 saturated carbocycles. The van der Waals surface area contributed by atoms with Crippen molar-refractivity contribution in [2.75, 3.05) is 27.9 Å². The van der Waals surface area contributed by atoms with Crippen LogP contribution in [0.2, 0.25) is 0 Å². The molecule has 2 aliphatic rings. The zero-order valence-electron chi connectivity index (χ0n) is 18.4. The fourth-order valence-corrected chi connectivity index (χ4v) is 4.70. The Bertz CT molecular complexity index is 970. The first-order valence-electron chi connectivity index (χ1n) is 10.0. The summed E-state index contributed by atoms with van der Waals surface area (Å²) in [5, 5.41) is 5.44. The van der Waals surface area contributed by atoms with E-state index in [9.17, 15) is 9.59 Å². The van der Waals surface area contributed by atoms with Crippen LogP contribution in [0.4, 0.5) is 0 Å². The van der Waals surface area contributed by atoms with Crippen LogP contribution in [0.15, 0.2) is 45.6 Å². The number of nitrogens with zero attached hydrogens (tertiary/aromatic N) is 2. The maximum absolute atomic E-state index is 12.9. The number of fused-ring (bicyclic) bond motifs is 1. The predicted molar refractivity (Wildman–Crippen MR) is 120 cm³/mol. The number of ether oxygens (including phenoxy) is 3. The SMILES string of the molecule is CCNC(=O)CC1=CSC2=NC(CC)=C(C(=O)OC)[C@H](c3cccc(OC)c3OC)N12. The van der Waals surface area contributed by atoms with E-state index >= 15 is 0 Å². The van der Waals surface area contributed by atoms with E-state index in [1.54, 1.807) is 20.3 Å². The average Bonchev–Trinajstić information content (AvgIpc) is 3.18. The van der Waals surface area contributed by atoms with E-state index in [2.05, 4.69) is 5.32 Å². The molecule has 0 aromatic heterocycles. The normalized spacial score (nSPS) is 17.6. The third kappa shape index (κ3) is 4.27. The Morgan fingerprint density at radius 1 is 1.19 bits per heavy atom. The molecule has 2 heterocycles. The van der Waals surface area contributed by atoms with Gasteiger partial charge in [0.25, 0.3) is 0 Å². The highest BCUT2D eigenvalue weighted by atomic mass is 32.2. The lowest BCUT2D eigenvalue weighted by molar-refractivity contribution is -0.136. The van der Waals surface area contributed by atoms with Crippen LogP contribution in [-0.2, 0) is 14.3 Å². The number of aliphatic imine (C=N–C) groups is 1. The number of thioether (sulfide) groups is 1. The number of allylic oxidation sites excluding steroid dienone is 1. The molecule has 31 heavy (non-hydrogen) atoms. The van der Waals surface area contributed by atoms with E-state index in [0.717, 1.165) is 11.3 Å². The van der Waals surface area contributed by atoms with Crippen molar-refractivity contribution in [1.82, 2.24) is 10.2 Å². The summed E-state index contributed by atoms with van der Waals surface area (Å²) in [6.45, 7) is 4.36. The van der Waals surface area contributed by atoms with E-state index in [1.165, 1.54) is 18.9 Å². The Balaban J connectivity index is 2.20. The number of esters is 1. The van der Waals surface area contributed by atoms with Crippen LogP contribution < -0.4 is 14.8 Å². The zero-order chi connectivity index (χ0) is 22.5. The largest absolute Gasteiger partial charge is 0.493 e. The minimum Gasteiger partial charge on any atom is -0.493 e. The number of carbonyl (C=O) groups excluding carboxylic acids is 2. The first-order chi connectivity index (χ1) is 15.0. The monoisotopic (exact) mass is 445 g/mol. The van der Waals surface area contributed by atoms with E-state index in [-0.39, 0.29) is 12.3 Å². The standard InChI is InChI=1S/C22H27N3O5S/c1-6-15-18(21(27)30-5)19(14-9-8-10-16(28-3)20(14)29-4)25-13(11-17(26)23-7-2)12-31-22(25)24-15/h8-10,12,19H,6-7,11H2,1-5H3,(H,23,26)/t19-/m0/s1. The van der Waals surface area contributed by atoms with Gasteiger partial charge in [0.05, 0.1) is 45.1 Å². The number of hydrogen-bond acceptors (Lipinski definition) is 8. The van der Waals surface area contributed by atoms with Gasteiger partial charge in [0.1, 0.15) is 0 Å². The summed E-state index contributed by atoms with van der Waals surface area (Å²) in [7, 11) is 4.48. The van der Waals surface area contributed by atoms with Crippen molar-refractivity contribution in [2.45, 2.75) is 32.7 Å². The molecule has 166 valence electrons. The average molecular weight is 446 g/mol. The molecule has 1 N–H and O–H groups in total. The zero-order valence-corrected chi connectivity index (χ0v) is 19.2. The Morgan fingerprint density at radius 3 is 2.58 bits per heavy atom. The molecule has 8 nitrogen and oxygen atoms in total. The van der Waals surface area contributed by atoms with E-state index in [1.807, 2.05) is 36.3 Å². The Labute approximate surface area is 186 Å². The van der Waals surface area contributed by atoms with Gasteiger partial charge in [-0.25, -0.2) is 9.79 Å². The van der Waals surface area contributed by atoms with E-state index < -0.39 is 12.0 Å². The summed E-state index contributed by atoms with van der Waals surface area (Å²) in [5.41, 5.74) is 2.55. The fourth-order valence-electron chi connectivity index (χ4n) is 3.76. The van der Waals surface area contributed by atoms with Gasteiger partial charge in [0.15, 0.2) is 16.7 Å². The van der Waals surface area contributed by atoms with Gasteiger partial charge in [-0.05, 0) is 24.8 Å². The molecular weight excluding hydrogens is 418 g/mol. The van der Waals surface area contributed by atoms with Gasteiger partial charge in [-0.1, -0.05) is 30.8 Å². The Hall–Kier alpha value is -2.94. The van der Waals surface area contributed by atoms with Gasteiger partial charge < -0.3 is 24.4 Å². The van der Waals surface area contributed by atoms with E-state index in [0.29, 0.717) is 40.9 Å². The first kappa shape index (κ1) is 22.7. The van der Waals surface area contributed by atoms with Crippen LogP contribution in [0.25, 0.3) is 0 Å². The molecule has 0 fully saturated rings. The molecule has 2 aliphatic heterocycles. The van der Waals surface area contributed by atoms with Gasteiger partial charge in [0.2, 0.25) is 5.91 Å². The number of rotatable bonds is 8. The Morgan fingerprint density at radius 2 is 1.97 bits per heavy atom. The highest BCUT2D eigenvalue weighted by Crippen LogP contribution is 2.49. The summed E-state index contributed by atoms with van der Waals surface area (Å²) in [6, 6.07) is 4.96. The number of amidine groups is 1. The lowest BCUT2D eigenvalue weighted by Crippen LogP contribution is -2.38. The highest BCUT2D eigenvalue weighted by Gasteiger charge is 2.43. The van der Waals surface area contributed by atoms with Gasteiger partial charge in [-0.2, -0.15) is 0 Å². The van der Waals surface area contributed by atoms with Crippen LogP contribution in [0, 0.1) is 0 Å². The minimum atomic E-state index is -0.573. The third-order valence-electron chi connectivity index (χ3n) is 5.07. The predicted octanol–water partition coefficient (Wildman–Crippen LogP) is 3.37. The van der Waals surface area contributed by atoms with Crippen molar-refractivity contribution in [3.63, 3.8) is 0 Å². The van der Waals surface area contributed by atoms with Crippen molar-refractivity contribution in [3.8, 4) is 11.5 Å². The molecule has 0 bridgehead atoms. The summed E-state index contributed by atoms with van der Waals surface area (Å²) < 4.78 is 16.3. The molecule has 0 spiro atoms. The van der Waals surface area contributed by atoms with Gasteiger partial charge >= 0.3 is 5.97 Å². The van der Waals surface area contributed by atoms with Crippen LogP contribution in [0.5, 0.6) is 11.5 Å². The molecule has 0 unspecified atom stereocenters. The summed E-state index contributed by atoms with van der Waals surface area (Å²) in [6.07, 6.45) is 0.718. The third-order valence-corrected chi connectivity index (χ3v) is 5.96. The number of nitrogens with one attached hydrogen (secondary N) is 1. The van der Waals surface area contributed by atoms with Gasteiger partial charge in [-0.3, -0.25) is 4.79 Å². The second kappa shape index (κ2) is 9.91. The summed E-state index contributed by atoms with van der Waals surface area (Å²) in [5.74, 6) is 0.496. The summed E-state index contributed by atoms with van der Waals surface area (Å²) in [4.78, 5) is 31.9. The lowest BCUT2D eigenvalue weighted by atomic mass is 9.92. The van der Waals surface area contributed by atoms with E-state index in [4.69, 9.17) is 19.2 Å². The molecule has 1 aromatic rings. The fraction of sp³-hybridized carbons (Fsp3) is 0.409. The van der Waals surface area contributed by atoms with Crippen molar-refractivity contribution in [2.24, 2.45) is 4.99 Å². The quantitative estimate of drug-likeness (QED) is 0.614. The van der Waals surface area contributed by atoms with Gasteiger partial charge in [-0.15, -0.1) is 0 Å².